The lowest BCUT2D eigenvalue weighted by Gasteiger charge is -2.35. The first-order chi connectivity index (χ1) is 16.7. The molecule has 0 aliphatic carbocycles. The van der Waals surface area contributed by atoms with E-state index in [1.54, 1.807) is 49.6 Å². The van der Waals surface area contributed by atoms with Gasteiger partial charge in [-0.25, -0.2) is 8.42 Å². The van der Waals surface area contributed by atoms with E-state index >= 15 is 0 Å². The van der Waals surface area contributed by atoms with Crippen molar-refractivity contribution in [3.63, 3.8) is 0 Å². The van der Waals surface area contributed by atoms with Gasteiger partial charge < -0.3 is 14.8 Å². The summed E-state index contributed by atoms with van der Waals surface area (Å²) in [7, 11) is -2.27. The van der Waals surface area contributed by atoms with Crippen LogP contribution in [0.3, 0.4) is 0 Å². The van der Waals surface area contributed by atoms with Crippen molar-refractivity contribution in [1.82, 2.24) is 5.32 Å². The Morgan fingerprint density at radius 3 is 2.51 bits per heavy atom. The minimum Gasteiger partial charge on any atom is -0.496 e. The zero-order chi connectivity index (χ0) is 25.2. The fourth-order valence-corrected chi connectivity index (χ4v) is 5.75. The van der Waals surface area contributed by atoms with Crippen LogP contribution in [0, 0.1) is 13.8 Å². The Hall–Kier alpha value is -3.52. The van der Waals surface area contributed by atoms with Crippen molar-refractivity contribution < 1.29 is 22.7 Å². The quantitative estimate of drug-likeness (QED) is 0.521. The molecule has 1 N–H and O–H groups in total. The number of fused-ring (bicyclic) bond motifs is 1. The lowest BCUT2D eigenvalue weighted by molar-refractivity contribution is -0.128. The van der Waals surface area contributed by atoms with Crippen LogP contribution in [0.4, 0.5) is 5.69 Å². The molecule has 3 aromatic rings. The molecular weight excluding hydrogens is 464 g/mol. The Morgan fingerprint density at radius 1 is 1.11 bits per heavy atom. The number of aryl methyl sites for hydroxylation is 2. The second-order valence-electron chi connectivity index (χ2n) is 8.63. The Morgan fingerprint density at radius 2 is 1.86 bits per heavy atom. The van der Waals surface area contributed by atoms with Crippen molar-refractivity contribution in [2.75, 3.05) is 18.0 Å². The normalized spacial score (nSPS) is 16.1. The van der Waals surface area contributed by atoms with Gasteiger partial charge >= 0.3 is 0 Å². The first-order valence-corrected chi connectivity index (χ1v) is 13.0. The SMILES string of the molecule is CCC(NC(=O)C1CN(S(=O)(=O)c2ccccc2)c2ccc(C)cc2O1)c1ccc(OC)c(C)c1. The van der Waals surface area contributed by atoms with Crippen molar-refractivity contribution >= 4 is 21.6 Å². The molecule has 184 valence electrons. The number of sulfonamides is 1. The van der Waals surface area contributed by atoms with E-state index in [0.717, 1.165) is 22.4 Å². The van der Waals surface area contributed by atoms with E-state index in [4.69, 9.17) is 9.47 Å². The molecular formula is C27H30N2O5S. The summed E-state index contributed by atoms with van der Waals surface area (Å²) in [5.41, 5.74) is 3.24. The van der Waals surface area contributed by atoms with Gasteiger partial charge in [0.1, 0.15) is 11.5 Å². The third-order valence-electron chi connectivity index (χ3n) is 6.15. The van der Waals surface area contributed by atoms with Gasteiger partial charge in [0.05, 0.1) is 30.3 Å². The highest BCUT2D eigenvalue weighted by molar-refractivity contribution is 7.92. The van der Waals surface area contributed by atoms with Gasteiger partial charge in [-0.1, -0.05) is 43.3 Å². The Bertz CT molecular complexity index is 1320. The van der Waals surface area contributed by atoms with Gasteiger partial charge in [0.25, 0.3) is 15.9 Å². The van der Waals surface area contributed by atoms with E-state index in [1.807, 2.05) is 45.0 Å². The summed E-state index contributed by atoms with van der Waals surface area (Å²) >= 11 is 0. The number of nitrogens with one attached hydrogen (secondary N) is 1. The second kappa shape index (κ2) is 10.00. The zero-order valence-corrected chi connectivity index (χ0v) is 21.1. The van der Waals surface area contributed by atoms with E-state index in [2.05, 4.69) is 5.32 Å². The number of ether oxygens (including phenoxy) is 2. The summed E-state index contributed by atoms with van der Waals surface area (Å²) in [6.07, 6.45) is -0.345. The maximum Gasteiger partial charge on any atom is 0.264 e. The number of benzene rings is 3. The topological polar surface area (TPSA) is 84.9 Å². The van der Waals surface area contributed by atoms with Crippen LogP contribution < -0.4 is 19.1 Å². The summed E-state index contributed by atoms with van der Waals surface area (Å²) in [4.78, 5) is 13.5. The zero-order valence-electron chi connectivity index (χ0n) is 20.3. The van der Waals surface area contributed by atoms with Crippen LogP contribution >= 0.6 is 0 Å². The summed E-state index contributed by atoms with van der Waals surface area (Å²) in [5.74, 6) is 0.772. The van der Waals surface area contributed by atoms with Gasteiger partial charge in [-0.2, -0.15) is 0 Å². The maximum absolute atomic E-state index is 13.5. The predicted molar refractivity (Wildman–Crippen MR) is 135 cm³/mol. The molecule has 1 aliphatic rings. The van der Waals surface area contributed by atoms with Crippen LogP contribution in [0.1, 0.15) is 36.1 Å². The van der Waals surface area contributed by atoms with E-state index in [9.17, 15) is 13.2 Å². The minimum atomic E-state index is -3.89. The fourth-order valence-electron chi connectivity index (χ4n) is 4.25. The van der Waals surface area contributed by atoms with E-state index in [-0.39, 0.29) is 23.4 Å². The molecule has 7 nitrogen and oxygen atoms in total. The number of carbonyl (C=O) groups excluding carboxylic acids is 1. The fraction of sp³-hybridized carbons (Fsp3) is 0.296. The van der Waals surface area contributed by atoms with Crippen LogP contribution in [0.25, 0.3) is 0 Å². The summed E-state index contributed by atoms with van der Waals surface area (Å²) in [6.45, 7) is 5.70. The highest BCUT2D eigenvalue weighted by Crippen LogP contribution is 2.38. The monoisotopic (exact) mass is 494 g/mol. The smallest absolute Gasteiger partial charge is 0.264 e. The van der Waals surface area contributed by atoms with Crippen molar-refractivity contribution in [3.8, 4) is 11.5 Å². The van der Waals surface area contributed by atoms with Gasteiger partial charge in [-0.3, -0.25) is 9.10 Å². The highest BCUT2D eigenvalue weighted by atomic mass is 32.2. The first-order valence-electron chi connectivity index (χ1n) is 11.5. The molecule has 1 amide bonds. The van der Waals surface area contributed by atoms with Gasteiger partial charge in [0.15, 0.2) is 6.10 Å². The van der Waals surface area contributed by atoms with E-state index in [1.165, 1.54) is 4.31 Å². The molecule has 8 heteroatoms. The summed E-state index contributed by atoms with van der Waals surface area (Å²) in [5, 5.41) is 3.05. The molecule has 0 bridgehead atoms. The number of methoxy groups -OCH3 is 1. The van der Waals surface area contributed by atoms with Crippen molar-refractivity contribution in [3.05, 3.63) is 83.4 Å². The lowest BCUT2D eigenvalue weighted by Crippen LogP contribution is -2.51. The molecule has 1 aliphatic heterocycles. The van der Waals surface area contributed by atoms with Crippen molar-refractivity contribution in [2.45, 2.75) is 44.2 Å². The summed E-state index contributed by atoms with van der Waals surface area (Å²) < 4.78 is 39.7. The van der Waals surface area contributed by atoms with E-state index < -0.39 is 16.1 Å². The van der Waals surface area contributed by atoms with Crippen LogP contribution in [-0.2, 0) is 14.8 Å². The number of rotatable bonds is 7. The van der Waals surface area contributed by atoms with Gasteiger partial charge in [0, 0.05) is 0 Å². The first kappa shape index (κ1) is 24.6. The Balaban J connectivity index is 1.63. The molecule has 0 aromatic heterocycles. The number of carbonyl (C=O) groups is 1. The molecule has 35 heavy (non-hydrogen) atoms. The minimum absolute atomic E-state index is 0.128. The molecule has 0 radical (unpaired) electrons. The lowest BCUT2D eigenvalue weighted by atomic mass is 10.0. The molecule has 0 saturated carbocycles. The molecule has 2 unspecified atom stereocenters. The maximum atomic E-state index is 13.5. The number of amides is 1. The van der Waals surface area contributed by atoms with Gasteiger partial charge in [-0.15, -0.1) is 0 Å². The number of nitrogens with zero attached hydrogens (tertiary/aromatic N) is 1. The molecule has 0 fully saturated rings. The summed E-state index contributed by atoms with van der Waals surface area (Å²) in [6, 6.07) is 19.0. The van der Waals surface area contributed by atoms with Crippen molar-refractivity contribution in [2.24, 2.45) is 0 Å². The Labute approximate surface area is 206 Å². The van der Waals surface area contributed by atoms with Crippen LogP contribution in [-0.4, -0.2) is 34.1 Å². The number of hydrogen-bond acceptors (Lipinski definition) is 5. The average molecular weight is 495 g/mol. The predicted octanol–water partition coefficient (Wildman–Crippen LogP) is 4.54. The standard InChI is InChI=1S/C27H30N2O5S/c1-5-22(20-12-14-24(33-4)19(3)16-20)28-27(30)26-17-29(23-13-11-18(2)15-25(23)34-26)35(31,32)21-9-7-6-8-10-21/h6-16,22,26H,5,17H2,1-4H3,(H,28,30). The van der Waals surface area contributed by atoms with Gasteiger partial charge in [-0.05, 0) is 67.3 Å². The van der Waals surface area contributed by atoms with E-state index in [0.29, 0.717) is 17.9 Å². The molecule has 2 atom stereocenters. The largest absolute Gasteiger partial charge is 0.496 e. The van der Waals surface area contributed by atoms with Crippen LogP contribution in [0.5, 0.6) is 11.5 Å². The van der Waals surface area contributed by atoms with Crippen LogP contribution in [0.2, 0.25) is 0 Å². The highest BCUT2D eigenvalue weighted by Gasteiger charge is 2.38. The number of hydrogen-bond donors (Lipinski definition) is 1. The van der Waals surface area contributed by atoms with Crippen LogP contribution in [0.15, 0.2) is 71.6 Å². The average Bonchev–Trinajstić information content (AvgIpc) is 2.86. The molecule has 0 saturated heterocycles. The van der Waals surface area contributed by atoms with Gasteiger partial charge in [0.2, 0.25) is 0 Å². The molecule has 1 heterocycles. The Kier molecular flexibility index (Phi) is 7.03. The number of anilines is 1. The molecule has 3 aromatic carbocycles. The molecule has 0 spiro atoms. The van der Waals surface area contributed by atoms with Crippen molar-refractivity contribution in [1.29, 1.82) is 0 Å². The third kappa shape index (κ3) is 4.98. The third-order valence-corrected chi connectivity index (χ3v) is 7.95. The second-order valence-corrected chi connectivity index (χ2v) is 10.5. The molecule has 4 rings (SSSR count).